The Morgan fingerprint density at radius 1 is 1.47 bits per heavy atom. The lowest BCUT2D eigenvalue weighted by Gasteiger charge is -2.09. The summed E-state index contributed by atoms with van der Waals surface area (Å²) in [6, 6.07) is -0.130. The average Bonchev–Trinajstić information content (AvgIpc) is 2.94. The number of hydrogen-bond donors (Lipinski definition) is 1. The molecule has 2 N–H and O–H groups in total. The molecule has 0 fully saturated rings. The van der Waals surface area contributed by atoms with Gasteiger partial charge in [0.05, 0.1) is 17.3 Å². The van der Waals surface area contributed by atoms with Crippen molar-refractivity contribution >= 4 is 28.7 Å². The summed E-state index contributed by atoms with van der Waals surface area (Å²) in [4.78, 5) is 16.7. The molecule has 0 aromatic carbocycles. The fourth-order valence-electron chi connectivity index (χ4n) is 1.67. The standard InChI is InChI=1S/C12H15ClN4OS/c1-6(2)17-10(8(13)4-15-17)11(18)9-5-19-12(16-9)7(3)14/h4-7H,14H2,1-3H3. The third-order valence-electron chi connectivity index (χ3n) is 2.60. The van der Waals surface area contributed by atoms with Crippen molar-refractivity contribution in [1.82, 2.24) is 14.8 Å². The van der Waals surface area contributed by atoms with Gasteiger partial charge in [0.2, 0.25) is 5.78 Å². The first-order chi connectivity index (χ1) is 8.91. The SMILES string of the molecule is CC(N)c1nc(C(=O)c2c(Cl)cnn2C(C)C)cs1. The van der Waals surface area contributed by atoms with Crippen molar-refractivity contribution in [2.24, 2.45) is 5.73 Å². The van der Waals surface area contributed by atoms with Crippen LogP contribution in [0.25, 0.3) is 0 Å². The summed E-state index contributed by atoms with van der Waals surface area (Å²) >= 11 is 7.42. The number of carbonyl (C=O) groups excluding carboxylic acids is 1. The van der Waals surface area contributed by atoms with Gasteiger partial charge in [0.15, 0.2) is 0 Å². The van der Waals surface area contributed by atoms with Crippen LogP contribution < -0.4 is 5.73 Å². The number of aromatic nitrogens is 3. The molecule has 0 spiro atoms. The van der Waals surface area contributed by atoms with Gasteiger partial charge in [-0.05, 0) is 20.8 Å². The minimum atomic E-state index is -0.223. The normalized spacial score (nSPS) is 12.9. The van der Waals surface area contributed by atoms with Crippen LogP contribution in [0.2, 0.25) is 5.02 Å². The van der Waals surface area contributed by atoms with Gasteiger partial charge < -0.3 is 5.73 Å². The van der Waals surface area contributed by atoms with Crippen molar-refractivity contribution in [3.63, 3.8) is 0 Å². The maximum atomic E-state index is 12.4. The highest BCUT2D eigenvalue weighted by molar-refractivity contribution is 7.09. The van der Waals surface area contributed by atoms with Crippen LogP contribution in [-0.4, -0.2) is 20.5 Å². The Kier molecular flexibility index (Phi) is 4.03. The van der Waals surface area contributed by atoms with E-state index in [1.54, 1.807) is 10.1 Å². The molecule has 0 bridgehead atoms. The monoisotopic (exact) mass is 298 g/mol. The number of nitrogens with zero attached hydrogens (tertiary/aromatic N) is 3. The van der Waals surface area contributed by atoms with E-state index >= 15 is 0 Å². The van der Waals surface area contributed by atoms with Crippen molar-refractivity contribution in [2.75, 3.05) is 0 Å². The quantitative estimate of drug-likeness (QED) is 0.881. The Bertz CT molecular complexity index is 603. The minimum Gasteiger partial charge on any atom is -0.322 e. The first-order valence-corrected chi connectivity index (χ1v) is 7.16. The first-order valence-electron chi connectivity index (χ1n) is 5.90. The van der Waals surface area contributed by atoms with Crippen LogP contribution in [0.4, 0.5) is 0 Å². The fourth-order valence-corrected chi connectivity index (χ4v) is 2.64. The number of nitrogens with two attached hydrogens (primary N) is 1. The van der Waals surface area contributed by atoms with Crippen LogP contribution in [0.1, 0.15) is 54.0 Å². The molecule has 0 aliphatic carbocycles. The molecule has 0 amide bonds. The van der Waals surface area contributed by atoms with E-state index in [1.165, 1.54) is 17.5 Å². The lowest BCUT2D eigenvalue weighted by atomic mass is 10.2. The molecule has 7 heteroatoms. The number of rotatable bonds is 4. The van der Waals surface area contributed by atoms with Crippen molar-refractivity contribution in [2.45, 2.75) is 32.9 Å². The molecule has 2 aromatic rings. The summed E-state index contributed by atoms with van der Waals surface area (Å²) in [5, 5.41) is 6.90. The zero-order valence-electron chi connectivity index (χ0n) is 10.9. The Hall–Kier alpha value is -1.24. The Morgan fingerprint density at radius 3 is 2.68 bits per heavy atom. The summed E-state index contributed by atoms with van der Waals surface area (Å²) in [7, 11) is 0. The second kappa shape index (κ2) is 5.40. The van der Waals surface area contributed by atoms with Crippen LogP contribution >= 0.6 is 22.9 Å². The highest BCUT2D eigenvalue weighted by Crippen LogP contribution is 2.24. The highest BCUT2D eigenvalue weighted by atomic mass is 35.5. The van der Waals surface area contributed by atoms with E-state index in [9.17, 15) is 4.79 Å². The first kappa shape index (κ1) is 14.2. The van der Waals surface area contributed by atoms with Gasteiger partial charge in [0.1, 0.15) is 16.4 Å². The molecular weight excluding hydrogens is 284 g/mol. The molecule has 2 rings (SSSR count). The molecule has 2 heterocycles. The van der Waals surface area contributed by atoms with E-state index in [1.807, 2.05) is 20.8 Å². The van der Waals surface area contributed by atoms with E-state index in [-0.39, 0.29) is 17.9 Å². The minimum absolute atomic E-state index is 0.0537. The summed E-state index contributed by atoms with van der Waals surface area (Å²) in [6.07, 6.45) is 1.48. The third-order valence-corrected chi connectivity index (χ3v) is 3.92. The fraction of sp³-hybridized carbons (Fsp3) is 0.417. The second-order valence-corrected chi connectivity index (χ2v) is 5.87. The third kappa shape index (κ3) is 2.70. The Labute approximate surface area is 120 Å². The lowest BCUT2D eigenvalue weighted by Crippen LogP contribution is -2.14. The molecular formula is C12H15ClN4OS. The van der Waals surface area contributed by atoms with Gasteiger partial charge in [0.25, 0.3) is 0 Å². The molecule has 102 valence electrons. The van der Waals surface area contributed by atoms with Crippen molar-refractivity contribution < 1.29 is 4.79 Å². The second-order valence-electron chi connectivity index (χ2n) is 4.57. The van der Waals surface area contributed by atoms with Crippen LogP contribution in [0.3, 0.4) is 0 Å². The molecule has 1 atom stereocenters. The summed E-state index contributed by atoms with van der Waals surface area (Å²) in [5.74, 6) is -0.223. The molecule has 0 aliphatic rings. The maximum Gasteiger partial charge on any atom is 0.231 e. The lowest BCUT2D eigenvalue weighted by molar-refractivity contribution is 0.102. The van der Waals surface area contributed by atoms with E-state index in [4.69, 9.17) is 17.3 Å². The van der Waals surface area contributed by atoms with Gasteiger partial charge in [-0.25, -0.2) is 4.98 Å². The highest BCUT2D eigenvalue weighted by Gasteiger charge is 2.23. The van der Waals surface area contributed by atoms with Gasteiger partial charge in [0, 0.05) is 11.4 Å². The van der Waals surface area contributed by atoms with Gasteiger partial charge >= 0.3 is 0 Å². The van der Waals surface area contributed by atoms with Crippen LogP contribution in [0.15, 0.2) is 11.6 Å². The number of carbonyl (C=O) groups is 1. The number of ketones is 1. The molecule has 0 saturated heterocycles. The molecule has 19 heavy (non-hydrogen) atoms. The smallest absolute Gasteiger partial charge is 0.231 e. The average molecular weight is 299 g/mol. The van der Waals surface area contributed by atoms with Crippen LogP contribution in [0.5, 0.6) is 0 Å². The van der Waals surface area contributed by atoms with E-state index in [0.717, 1.165) is 5.01 Å². The van der Waals surface area contributed by atoms with E-state index in [2.05, 4.69) is 10.1 Å². The number of thiazole rings is 1. The Balaban J connectivity index is 2.41. The Morgan fingerprint density at radius 2 is 2.16 bits per heavy atom. The molecule has 2 aromatic heterocycles. The summed E-state index contributed by atoms with van der Waals surface area (Å²) in [5.41, 5.74) is 6.48. The molecule has 5 nitrogen and oxygen atoms in total. The van der Waals surface area contributed by atoms with Gasteiger partial charge in [-0.15, -0.1) is 11.3 Å². The van der Waals surface area contributed by atoms with Crippen molar-refractivity contribution in [1.29, 1.82) is 0 Å². The predicted molar refractivity (Wildman–Crippen MR) is 75.8 cm³/mol. The van der Waals surface area contributed by atoms with Crippen molar-refractivity contribution in [3.8, 4) is 0 Å². The van der Waals surface area contributed by atoms with Crippen molar-refractivity contribution in [3.05, 3.63) is 33.0 Å². The topological polar surface area (TPSA) is 73.8 Å². The van der Waals surface area contributed by atoms with Crippen LogP contribution in [0, 0.1) is 0 Å². The molecule has 0 aliphatic heterocycles. The van der Waals surface area contributed by atoms with Gasteiger partial charge in [-0.3, -0.25) is 9.48 Å². The molecule has 0 radical (unpaired) electrons. The van der Waals surface area contributed by atoms with Crippen LogP contribution in [-0.2, 0) is 0 Å². The number of halogens is 1. The van der Waals surface area contributed by atoms with E-state index in [0.29, 0.717) is 16.4 Å². The number of hydrogen-bond acceptors (Lipinski definition) is 5. The molecule has 0 saturated carbocycles. The molecule has 1 unspecified atom stereocenters. The summed E-state index contributed by atoms with van der Waals surface area (Å²) in [6.45, 7) is 5.71. The predicted octanol–water partition coefficient (Wildman–Crippen LogP) is 2.82. The zero-order valence-corrected chi connectivity index (χ0v) is 12.5. The zero-order chi connectivity index (χ0) is 14.2. The summed E-state index contributed by atoms with van der Waals surface area (Å²) < 4.78 is 1.61. The van der Waals surface area contributed by atoms with Gasteiger partial charge in [-0.2, -0.15) is 5.10 Å². The van der Waals surface area contributed by atoms with E-state index < -0.39 is 0 Å². The maximum absolute atomic E-state index is 12.4. The largest absolute Gasteiger partial charge is 0.322 e. The van der Waals surface area contributed by atoms with Gasteiger partial charge in [-0.1, -0.05) is 11.6 Å².